The maximum atomic E-state index is 11.9. The number of ether oxygens (including phenoxy) is 1. The first-order chi connectivity index (χ1) is 13.6. The summed E-state index contributed by atoms with van der Waals surface area (Å²) in [5, 5.41) is 6.91. The van der Waals surface area contributed by atoms with Crippen LogP contribution >= 0.6 is 24.0 Å². The SMILES string of the molecule is CCC(=O)N1CCC(NC(=NC)NCC(c2ccc(C)o2)N2CCOCC2)C1.I. The van der Waals surface area contributed by atoms with Crippen LogP contribution in [0.3, 0.4) is 0 Å². The number of guanidine groups is 1. The number of halogens is 1. The third-order valence-corrected chi connectivity index (χ3v) is 5.45. The van der Waals surface area contributed by atoms with Crippen LogP contribution in [-0.2, 0) is 9.53 Å². The second-order valence-corrected chi connectivity index (χ2v) is 7.39. The number of amides is 1. The van der Waals surface area contributed by atoms with Crippen LogP contribution in [0.2, 0.25) is 0 Å². The summed E-state index contributed by atoms with van der Waals surface area (Å²) in [5.41, 5.74) is 0. The lowest BCUT2D eigenvalue weighted by atomic mass is 10.1. The van der Waals surface area contributed by atoms with Crippen molar-refractivity contribution in [2.75, 3.05) is 53.0 Å². The van der Waals surface area contributed by atoms with Crippen LogP contribution < -0.4 is 10.6 Å². The minimum Gasteiger partial charge on any atom is -0.465 e. The molecule has 2 atom stereocenters. The molecule has 2 aliphatic rings. The Morgan fingerprint density at radius 2 is 2.07 bits per heavy atom. The third-order valence-electron chi connectivity index (χ3n) is 5.45. The molecule has 8 nitrogen and oxygen atoms in total. The molecule has 0 radical (unpaired) electrons. The summed E-state index contributed by atoms with van der Waals surface area (Å²) in [6.45, 7) is 9.36. The predicted molar refractivity (Wildman–Crippen MR) is 124 cm³/mol. The fourth-order valence-corrected chi connectivity index (χ4v) is 3.84. The van der Waals surface area contributed by atoms with Gasteiger partial charge < -0.3 is 24.7 Å². The van der Waals surface area contributed by atoms with Crippen LogP contribution in [0.15, 0.2) is 21.5 Å². The van der Waals surface area contributed by atoms with Crippen molar-refractivity contribution < 1.29 is 13.9 Å². The third kappa shape index (κ3) is 6.58. The van der Waals surface area contributed by atoms with E-state index < -0.39 is 0 Å². The van der Waals surface area contributed by atoms with Crippen molar-refractivity contribution in [2.24, 2.45) is 4.99 Å². The molecular formula is C20H34IN5O3. The van der Waals surface area contributed by atoms with E-state index in [9.17, 15) is 4.79 Å². The Morgan fingerprint density at radius 3 is 2.69 bits per heavy atom. The van der Waals surface area contributed by atoms with E-state index in [1.807, 2.05) is 24.8 Å². The first kappa shape index (κ1) is 23.9. The monoisotopic (exact) mass is 519 g/mol. The van der Waals surface area contributed by atoms with E-state index in [4.69, 9.17) is 9.15 Å². The summed E-state index contributed by atoms with van der Waals surface area (Å²) in [4.78, 5) is 20.6. The average molecular weight is 519 g/mol. The van der Waals surface area contributed by atoms with E-state index >= 15 is 0 Å². The van der Waals surface area contributed by atoms with Gasteiger partial charge in [-0.3, -0.25) is 14.7 Å². The van der Waals surface area contributed by atoms with Gasteiger partial charge in [-0.1, -0.05) is 6.92 Å². The van der Waals surface area contributed by atoms with E-state index in [-0.39, 0.29) is 42.0 Å². The summed E-state index contributed by atoms with van der Waals surface area (Å²) in [7, 11) is 1.78. The number of morpholine rings is 1. The quantitative estimate of drug-likeness (QED) is 0.339. The van der Waals surface area contributed by atoms with Crippen LogP contribution in [0.5, 0.6) is 0 Å². The molecule has 2 N–H and O–H groups in total. The maximum absolute atomic E-state index is 11.9. The lowest BCUT2D eigenvalue weighted by molar-refractivity contribution is -0.129. The Kier molecular flexibility index (Phi) is 9.70. The highest BCUT2D eigenvalue weighted by Crippen LogP contribution is 2.23. The number of nitrogens with zero attached hydrogens (tertiary/aromatic N) is 3. The summed E-state index contributed by atoms with van der Waals surface area (Å²) in [6, 6.07) is 4.42. The number of rotatable bonds is 6. The lowest BCUT2D eigenvalue weighted by Gasteiger charge is -2.33. The molecule has 0 spiro atoms. The molecule has 0 bridgehead atoms. The Balaban J connectivity index is 0.00000300. The van der Waals surface area contributed by atoms with Gasteiger partial charge in [0.05, 0.1) is 19.3 Å². The van der Waals surface area contributed by atoms with Crippen LogP contribution in [0, 0.1) is 6.92 Å². The molecule has 2 fully saturated rings. The van der Waals surface area contributed by atoms with Gasteiger partial charge in [-0.25, -0.2) is 0 Å². The highest BCUT2D eigenvalue weighted by molar-refractivity contribution is 14.0. The molecule has 9 heteroatoms. The second kappa shape index (κ2) is 11.8. The number of hydrogen-bond acceptors (Lipinski definition) is 5. The number of carbonyl (C=O) groups excluding carboxylic acids is 1. The zero-order chi connectivity index (χ0) is 19.9. The standard InChI is InChI=1S/C20H33N5O3.HI/c1-4-19(26)25-8-7-16(14-25)23-20(21-3)22-13-17(18-6-5-15(2)28-18)24-9-11-27-12-10-24;/h5-6,16-17H,4,7-14H2,1-3H3,(H2,21,22,23);1H. The Bertz CT molecular complexity index is 675. The number of aliphatic imine (C=N–C) groups is 1. The van der Waals surface area contributed by atoms with Gasteiger partial charge in [-0.05, 0) is 25.5 Å². The zero-order valence-corrected chi connectivity index (χ0v) is 20.0. The van der Waals surface area contributed by atoms with E-state index in [2.05, 4.69) is 26.6 Å². The van der Waals surface area contributed by atoms with Crippen molar-refractivity contribution in [2.45, 2.75) is 38.8 Å². The molecule has 1 amide bonds. The summed E-state index contributed by atoms with van der Waals surface area (Å²) in [6.07, 6.45) is 1.50. The van der Waals surface area contributed by atoms with Crippen LogP contribution in [-0.4, -0.2) is 80.7 Å². The lowest BCUT2D eigenvalue weighted by Crippen LogP contribution is -2.49. The predicted octanol–water partition coefficient (Wildman–Crippen LogP) is 1.76. The molecule has 2 saturated heterocycles. The van der Waals surface area contributed by atoms with Crippen molar-refractivity contribution in [1.82, 2.24) is 20.4 Å². The van der Waals surface area contributed by atoms with Crippen LogP contribution in [0.4, 0.5) is 0 Å². The van der Waals surface area contributed by atoms with Gasteiger partial charge in [0.25, 0.3) is 0 Å². The fraction of sp³-hybridized carbons (Fsp3) is 0.700. The van der Waals surface area contributed by atoms with Crippen molar-refractivity contribution in [3.05, 3.63) is 23.7 Å². The molecule has 0 aliphatic carbocycles. The van der Waals surface area contributed by atoms with E-state index in [1.165, 1.54) is 0 Å². The molecule has 1 aromatic rings. The van der Waals surface area contributed by atoms with Crippen molar-refractivity contribution >= 4 is 35.8 Å². The number of furan rings is 1. The minimum absolute atomic E-state index is 0. The smallest absolute Gasteiger partial charge is 0.222 e. The molecule has 1 aromatic heterocycles. The highest BCUT2D eigenvalue weighted by atomic mass is 127. The Hall–Kier alpha value is -1.33. The van der Waals surface area contributed by atoms with Gasteiger partial charge in [-0.15, -0.1) is 24.0 Å². The average Bonchev–Trinajstić information content (AvgIpc) is 3.36. The van der Waals surface area contributed by atoms with Crippen molar-refractivity contribution in [3.8, 4) is 0 Å². The van der Waals surface area contributed by atoms with E-state index in [0.29, 0.717) is 13.0 Å². The molecule has 2 unspecified atom stereocenters. The number of aryl methyl sites for hydroxylation is 1. The Labute approximate surface area is 190 Å². The van der Waals surface area contributed by atoms with Crippen molar-refractivity contribution in [1.29, 1.82) is 0 Å². The second-order valence-electron chi connectivity index (χ2n) is 7.39. The molecule has 0 saturated carbocycles. The van der Waals surface area contributed by atoms with Crippen molar-refractivity contribution in [3.63, 3.8) is 0 Å². The first-order valence-corrected chi connectivity index (χ1v) is 10.2. The minimum atomic E-state index is 0. The summed E-state index contributed by atoms with van der Waals surface area (Å²) < 4.78 is 11.4. The normalized spacial score (nSPS) is 21.6. The van der Waals surface area contributed by atoms with Gasteiger partial charge in [0.15, 0.2) is 5.96 Å². The molecule has 2 aliphatic heterocycles. The fourth-order valence-electron chi connectivity index (χ4n) is 3.84. The van der Waals surface area contributed by atoms with Gasteiger partial charge in [0.2, 0.25) is 5.91 Å². The number of carbonyl (C=O) groups is 1. The maximum Gasteiger partial charge on any atom is 0.222 e. The Morgan fingerprint density at radius 1 is 1.31 bits per heavy atom. The van der Waals surface area contributed by atoms with Gasteiger partial charge >= 0.3 is 0 Å². The van der Waals surface area contributed by atoms with E-state index in [1.54, 1.807) is 7.05 Å². The van der Waals surface area contributed by atoms with Gasteiger partial charge in [0.1, 0.15) is 11.5 Å². The van der Waals surface area contributed by atoms with Gasteiger partial charge in [-0.2, -0.15) is 0 Å². The molecule has 164 valence electrons. The summed E-state index contributed by atoms with van der Waals surface area (Å²) >= 11 is 0. The molecule has 3 rings (SSSR count). The first-order valence-electron chi connectivity index (χ1n) is 10.2. The summed E-state index contributed by atoms with van der Waals surface area (Å²) in [5.74, 6) is 2.86. The molecule has 0 aromatic carbocycles. The van der Waals surface area contributed by atoms with E-state index in [0.717, 1.165) is 63.3 Å². The molecular weight excluding hydrogens is 485 g/mol. The topological polar surface area (TPSA) is 82.3 Å². The largest absolute Gasteiger partial charge is 0.465 e. The van der Waals surface area contributed by atoms with Gasteiger partial charge in [0, 0.05) is 52.2 Å². The molecule has 3 heterocycles. The number of hydrogen-bond donors (Lipinski definition) is 2. The van der Waals surface area contributed by atoms with Crippen LogP contribution in [0.1, 0.15) is 37.3 Å². The number of likely N-dealkylation sites (tertiary alicyclic amines) is 1. The van der Waals surface area contributed by atoms with Crippen LogP contribution in [0.25, 0.3) is 0 Å². The molecule has 29 heavy (non-hydrogen) atoms. The zero-order valence-electron chi connectivity index (χ0n) is 17.6. The number of nitrogens with one attached hydrogen (secondary N) is 2. The highest BCUT2D eigenvalue weighted by Gasteiger charge is 2.28.